The highest BCUT2D eigenvalue weighted by atomic mass is 32.2. The molecule has 0 saturated heterocycles. The molecular weight excluding hydrogens is 366 g/mol. The van der Waals surface area contributed by atoms with Crippen molar-refractivity contribution in [2.45, 2.75) is 0 Å². The highest BCUT2D eigenvalue weighted by molar-refractivity contribution is 7.92. The lowest BCUT2D eigenvalue weighted by Gasteiger charge is -2.06. The summed E-state index contributed by atoms with van der Waals surface area (Å²) in [5.41, 5.74) is 2.75. The number of benzene rings is 2. The molecule has 0 amide bonds. The third-order valence-corrected chi connectivity index (χ3v) is 4.48. The molecule has 2 aromatic carbocycles. The van der Waals surface area contributed by atoms with Crippen LogP contribution >= 0.6 is 0 Å². The van der Waals surface area contributed by atoms with Gasteiger partial charge in [0, 0.05) is 12.8 Å². The first-order valence-corrected chi connectivity index (χ1v) is 10.1. The SMILES string of the molecule is COCC=Cc1ccc2c(=O)c(-c3ccc(NS(C)(=O)=O)cc3)coc2c1. The lowest BCUT2D eigenvalue weighted by molar-refractivity contribution is 0.234. The zero-order chi connectivity index (χ0) is 19.4. The topological polar surface area (TPSA) is 85.6 Å². The largest absolute Gasteiger partial charge is 0.463 e. The molecule has 3 rings (SSSR count). The summed E-state index contributed by atoms with van der Waals surface area (Å²) in [5, 5.41) is 0.481. The number of ether oxygens (including phenoxy) is 1. The van der Waals surface area contributed by atoms with E-state index in [1.807, 2.05) is 18.2 Å². The number of rotatable bonds is 6. The van der Waals surface area contributed by atoms with Crippen LogP contribution < -0.4 is 10.2 Å². The van der Waals surface area contributed by atoms with Crippen LogP contribution in [0.15, 0.2) is 64.0 Å². The number of methoxy groups -OCH3 is 1. The second kappa shape index (κ2) is 7.77. The Labute approximate surface area is 157 Å². The van der Waals surface area contributed by atoms with Gasteiger partial charge in [0.25, 0.3) is 0 Å². The van der Waals surface area contributed by atoms with Crippen molar-refractivity contribution in [2.75, 3.05) is 24.7 Å². The molecule has 0 spiro atoms. The van der Waals surface area contributed by atoms with Gasteiger partial charge in [0.05, 0.1) is 23.8 Å². The van der Waals surface area contributed by atoms with E-state index in [2.05, 4.69) is 4.72 Å². The average molecular weight is 385 g/mol. The van der Waals surface area contributed by atoms with Crippen LogP contribution in [0.25, 0.3) is 28.2 Å². The van der Waals surface area contributed by atoms with Gasteiger partial charge in [-0.05, 0) is 35.4 Å². The third kappa shape index (κ3) is 4.64. The first kappa shape index (κ1) is 18.9. The van der Waals surface area contributed by atoms with E-state index in [9.17, 15) is 13.2 Å². The second-order valence-corrected chi connectivity index (χ2v) is 7.79. The third-order valence-electron chi connectivity index (χ3n) is 3.87. The Bertz CT molecular complexity index is 1150. The van der Waals surface area contributed by atoms with Gasteiger partial charge >= 0.3 is 0 Å². The summed E-state index contributed by atoms with van der Waals surface area (Å²) in [6, 6.07) is 11.9. The van der Waals surface area contributed by atoms with Crippen molar-refractivity contribution in [1.82, 2.24) is 0 Å². The first-order valence-electron chi connectivity index (χ1n) is 8.16. The lowest BCUT2D eigenvalue weighted by Crippen LogP contribution is -2.09. The summed E-state index contributed by atoms with van der Waals surface area (Å²) in [6.07, 6.45) is 6.27. The van der Waals surface area contributed by atoms with Crippen LogP contribution in [0.4, 0.5) is 5.69 Å². The summed E-state index contributed by atoms with van der Waals surface area (Å²) >= 11 is 0. The van der Waals surface area contributed by atoms with Crippen molar-refractivity contribution in [3.63, 3.8) is 0 Å². The maximum Gasteiger partial charge on any atom is 0.229 e. The molecule has 7 heteroatoms. The molecule has 27 heavy (non-hydrogen) atoms. The van der Waals surface area contributed by atoms with Gasteiger partial charge in [0.15, 0.2) is 5.43 Å². The summed E-state index contributed by atoms with van der Waals surface area (Å²) < 4.78 is 35.6. The number of fused-ring (bicyclic) bond motifs is 1. The zero-order valence-electron chi connectivity index (χ0n) is 14.9. The zero-order valence-corrected chi connectivity index (χ0v) is 15.7. The Balaban J connectivity index is 1.95. The number of hydrogen-bond acceptors (Lipinski definition) is 5. The Hall–Kier alpha value is -2.90. The van der Waals surface area contributed by atoms with Crippen molar-refractivity contribution in [3.8, 4) is 11.1 Å². The van der Waals surface area contributed by atoms with E-state index < -0.39 is 10.0 Å². The first-order chi connectivity index (χ1) is 12.9. The molecule has 1 heterocycles. The predicted octanol–water partition coefficient (Wildman–Crippen LogP) is 3.49. The number of anilines is 1. The Kier molecular flexibility index (Phi) is 5.43. The molecule has 0 aliphatic heterocycles. The highest BCUT2D eigenvalue weighted by Crippen LogP contribution is 2.23. The van der Waals surface area contributed by atoms with Gasteiger partial charge < -0.3 is 9.15 Å². The van der Waals surface area contributed by atoms with Gasteiger partial charge in [-0.2, -0.15) is 0 Å². The fraction of sp³-hybridized carbons (Fsp3) is 0.150. The molecular formula is C20H19NO5S. The summed E-state index contributed by atoms with van der Waals surface area (Å²) in [7, 11) is -1.73. The van der Waals surface area contributed by atoms with E-state index in [1.54, 1.807) is 43.5 Å². The fourth-order valence-electron chi connectivity index (χ4n) is 2.66. The molecule has 1 N–H and O–H groups in total. The number of nitrogens with one attached hydrogen (secondary N) is 1. The normalized spacial score (nSPS) is 11.9. The van der Waals surface area contributed by atoms with E-state index in [0.717, 1.165) is 11.8 Å². The van der Waals surface area contributed by atoms with Gasteiger partial charge in [0.1, 0.15) is 11.8 Å². The van der Waals surface area contributed by atoms with Gasteiger partial charge in [-0.25, -0.2) is 8.42 Å². The van der Waals surface area contributed by atoms with Crippen LogP contribution in [-0.4, -0.2) is 28.4 Å². The molecule has 0 bridgehead atoms. The van der Waals surface area contributed by atoms with E-state index in [4.69, 9.17) is 9.15 Å². The monoisotopic (exact) mass is 385 g/mol. The minimum Gasteiger partial charge on any atom is -0.463 e. The van der Waals surface area contributed by atoms with Gasteiger partial charge in [-0.3, -0.25) is 9.52 Å². The molecule has 0 aliphatic rings. The Morgan fingerprint density at radius 1 is 1.15 bits per heavy atom. The van der Waals surface area contributed by atoms with Gasteiger partial charge in [-0.15, -0.1) is 0 Å². The number of hydrogen-bond donors (Lipinski definition) is 1. The molecule has 0 aliphatic carbocycles. The molecule has 1 aromatic heterocycles. The van der Waals surface area contributed by atoms with Crippen LogP contribution in [0, 0.1) is 0 Å². The highest BCUT2D eigenvalue weighted by Gasteiger charge is 2.10. The maximum absolute atomic E-state index is 12.8. The van der Waals surface area contributed by atoms with E-state index in [-0.39, 0.29) is 5.43 Å². The number of sulfonamides is 1. The lowest BCUT2D eigenvalue weighted by atomic mass is 10.0. The summed E-state index contributed by atoms with van der Waals surface area (Å²) in [4.78, 5) is 12.8. The van der Waals surface area contributed by atoms with Crippen molar-refractivity contribution in [2.24, 2.45) is 0 Å². The van der Waals surface area contributed by atoms with Gasteiger partial charge in [-0.1, -0.05) is 30.4 Å². The molecule has 0 saturated carbocycles. The molecule has 0 fully saturated rings. The average Bonchev–Trinajstić information content (AvgIpc) is 2.62. The minimum atomic E-state index is -3.35. The van der Waals surface area contributed by atoms with E-state index in [1.165, 1.54) is 6.26 Å². The van der Waals surface area contributed by atoms with Crippen molar-refractivity contribution >= 4 is 32.8 Å². The van der Waals surface area contributed by atoms with Crippen molar-refractivity contribution in [1.29, 1.82) is 0 Å². The quantitative estimate of drug-likeness (QED) is 0.702. The van der Waals surface area contributed by atoms with Crippen LogP contribution in [-0.2, 0) is 14.8 Å². The summed E-state index contributed by atoms with van der Waals surface area (Å²) in [5.74, 6) is 0. The Morgan fingerprint density at radius 2 is 1.89 bits per heavy atom. The van der Waals surface area contributed by atoms with Gasteiger partial charge in [0.2, 0.25) is 10.0 Å². The molecule has 3 aromatic rings. The van der Waals surface area contributed by atoms with Crippen molar-refractivity contribution in [3.05, 3.63) is 70.6 Å². The minimum absolute atomic E-state index is 0.146. The van der Waals surface area contributed by atoms with Crippen molar-refractivity contribution < 1.29 is 17.6 Å². The standard InChI is InChI=1S/C20H19NO5S/c1-25-11-3-4-14-5-10-17-19(12-14)26-13-18(20(17)22)15-6-8-16(9-7-15)21-27(2,23)24/h3-10,12-13,21H,11H2,1-2H3. The molecule has 0 atom stereocenters. The molecule has 0 radical (unpaired) electrons. The maximum atomic E-state index is 12.8. The Morgan fingerprint density at radius 3 is 2.56 bits per heavy atom. The molecule has 0 unspecified atom stereocenters. The van der Waals surface area contributed by atoms with Crippen LogP contribution in [0.1, 0.15) is 5.56 Å². The predicted molar refractivity (Wildman–Crippen MR) is 107 cm³/mol. The van der Waals surface area contributed by atoms with Crippen LogP contribution in [0.3, 0.4) is 0 Å². The smallest absolute Gasteiger partial charge is 0.229 e. The second-order valence-electron chi connectivity index (χ2n) is 6.04. The fourth-order valence-corrected chi connectivity index (χ4v) is 3.22. The summed E-state index contributed by atoms with van der Waals surface area (Å²) in [6.45, 7) is 0.505. The van der Waals surface area contributed by atoms with Crippen LogP contribution in [0.2, 0.25) is 0 Å². The van der Waals surface area contributed by atoms with E-state index >= 15 is 0 Å². The molecule has 6 nitrogen and oxygen atoms in total. The van der Waals surface area contributed by atoms with E-state index in [0.29, 0.717) is 34.4 Å². The molecule has 140 valence electrons. The van der Waals surface area contributed by atoms with Crippen LogP contribution in [0.5, 0.6) is 0 Å².